The topological polar surface area (TPSA) is 55.4 Å². The number of aromatic nitrogens is 4. The van der Waals surface area contributed by atoms with Crippen LogP contribution in [0.1, 0.15) is 24.8 Å². The molecule has 4 heterocycles. The van der Waals surface area contributed by atoms with E-state index in [1.54, 1.807) is 12.5 Å². The number of hydrogen-bond acceptors (Lipinski definition) is 3. The second kappa shape index (κ2) is 8.97. The largest absolute Gasteiger partial charge is 0.416 e. The number of alkyl halides is 3. The molecule has 2 aliphatic rings. The number of benzene rings is 2. The Kier molecular flexibility index (Phi) is 5.50. The molecule has 1 amide bonds. The molecule has 9 heteroatoms. The average Bonchev–Trinajstić information content (AvgIpc) is 3.31. The zero-order chi connectivity index (χ0) is 26.7. The van der Waals surface area contributed by atoms with Crippen LogP contribution >= 0.6 is 0 Å². The zero-order valence-electron chi connectivity index (χ0n) is 21.1. The van der Waals surface area contributed by atoms with Crippen LogP contribution in [0, 0.1) is 11.8 Å². The third kappa shape index (κ3) is 4.35. The third-order valence-corrected chi connectivity index (χ3v) is 7.93. The highest BCUT2D eigenvalue weighted by atomic mass is 19.4. The van der Waals surface area contributed by atoms with E-state index in [-0.39, 0.29) is 17.7 Å². The van der Waals surface area contributed by atoms with Crippen molar-refractivity contribution in [3.63, 3.8) is 0 Å². The fourth-order valence-electron chi connectivity index (χ4n) is 5.71. The van der Waals surface area contributed by atoms with Crippen molar-refractivity contribution in [3.05, 3.63) is 78.8 Å². The van der Waals surface area contributed by atoms with E-state index in [4.69, 9.17) is 4.98 Å². The van der Waals surface area contributed by atoms with Gasteiger partial charge in [-0.15, -0.1) is 0 Å². The Balaban J connectivity index is 1.25. The lowest BCUT2D eigenvalue weighted by atomic mass is 10.1. The Bertz CT molecular complexity index is 1700. The number of carbonyl (C=O) groups excluding carboxylic acids is 1. The fraction of sp³-hybridized carbons (Fsp3) is 0.300. The number of pyridine rings is 1. The maximum absolute atomic E-state index is 13.5. The molecule has 6 nitrogen and oxygen atoms in total. The summed E-state index contributed by atoms with van der Waals surface area (Å²) in [6, 6.07) is 17.7. The van der Waals surface area contributed by atoms with Gasteiger partial charge in [-0.1, -0.05) is 30.3 Å². The summed E-state index contributed by atoms with van der Waals surface area (Å²) in [5, 5.41) is 0. The third-order valence-electron chi connectivity index (χ3n) is 7.93. The summed E-state index contributed by atoms with van der Waals surface area (Å²) < 4.78 is 44.5. The number of carbonyl (C=O) groups is 1. The van der Waals surface area contributed by atoms with E-state index in [1.165, 1.54) is 6.07 Å². The number of fused-ring (bicyclic) bond motifs is 2. The SMILES string of the molecule is O=C(C1CC1)N1CC[C@@H](Cn2c(-c3ccc(-c4cccc5cncn45)cc3)nc3cc(C(F)(F)F)ccc32)C1. The van der Waals surface area contributed by atoms with Gasteiger partial charge in [0.1, 0.15) is 5.82 Å². The summed E-state index contributed by atoms with van der Waals surface area (Å²) in [7, 11) is 0. The van der Waals surface area contributed by atoms with Gasteiger partial charge in [-0.3, -0.25) is 9.20 Å². The van der Waals surface area contributed by atoms with Gasteiger partial charge in [-0.05, 0) is 61.1 Å². The number of halogens is 3. The highest BCUT2D eigenvalue weighted by molar-refractivity contribution is 5.82. The van der Waals surface area contributed by atoms with Gasteiger partial charge in [-0.2, -0.15) is 13.2 Å². The van der Waals surface area contributed by atoms with Crippen LogP contribution in [-0.4, -0.2) is 42.8 Å². The Morgan fingerprint density at radius 2 is 1.77 bits per heavy atom. The van der Waals surface area contributed by atoms with Crippen molar-refractivity contribution >= 4 is 22.5 Å². The molecule has 198 valence electrons. The standard InChI is InChI=1S/C30H26F3N5O/c31-30(32,33)23-10-11-27-25(14-23)35-28(37(27)17-19-12-13-36(16-19)29(39)22-8-9-22)21-6-4-20(5-7-21)26-3-1-2-24-15-34-18-38(24)26/h1-7,10-11,14-15,18-19,22H,8-9,12-13,16-17H2/t19-/m1/s1. The van der Waals surface area contributed by atoms with Crippen molar-refractivity contribution < 1.29 is 18.0 Å². The summed E-state index contributed by atoms with van der Waals surface area (Å²) in [5.41, 5.74) is 4.07. The normalized spacial score (nSPS) is 17.9. The minimum atomic E-state index is -4.44. The van der Waals surface area contributed by atoms with Gasteiger partial charge in [-0.25, -0.2) is 9.97 Å². The van der Waals surface area contributed by atoms with Crippen LogP contribution in [0.3, 0.4) is 0 Å². The second-order valence-corrected chi connectivity index (χ2v) is 10.6. The first-order valence-electron chi connectivity index (χ1n) is 13.2. The molecule has 1 saturated carbocycles. The maximum Gasteiger partial charge on any atom is 0.416 e. The maximum atomic E-state index is 13.5. The van der Waals surface area contributed by atoms with E-state index < -0.39 is 11.7 Å². The lowest BCUT2D eigenvalue weighted by molar-refractivity contribution is -0.137. The van der Waals surface area contributed by atoms with Crippen molar-refractivity contribution in [1.29, 1.82) is 0 Å². The molecule has 1 aliphatic heterocycles. The first-order chi connectivity index (χ1) is 18.8. The molecule has 2 aromatic carbocycles. The Labute approximate surface area is 222 Å². The first-order valence-corrected chi connectivity index (χ1v) is 13.2. The second-order valence-electron chi connectivity index (χ2n) is 10.6. The van der Waals surface area contributed by atoms with E-state index >= 15 is 0 Å². The molecule has 5 aromatic rings. The molecule has 1 aliphatic carbocycles. The van der Waals surface area contributed by atoms with Crippen LogP contribution in [0.5, 0.6) is 0 Å². The van der Waals surface area contributed by atoms with E-state index in [0.717, 1.165) is 60.3 Å². The molecule has 2 fully saturated rings. The van der Waals surface area contributed by atoms with Crippen LogP contribution < -0.4 is 0 Å². The highest BCUT2D eigenvalue weighted by Gasteiger charge is 2.37. The number of likely N-dealkylation sites (tertiary alicyclic amines) is 1. The average molecular weight is 530 g/mol. The van der Waals surface area contributed by atoms with Crippen molar-refractivity contribution in [2.24, 2.45) is 11.8 Å². The summed E-state index contributed by atoms with van der Waals surface area (Å²) in [4.78, 5) is 23.5. The van der Waals surface area contributed by atoms with Gasteiger partial charge >= 0.3 is 6.18 Å². The van der Waals surface area contributed by atoms with Crippen LogP contribution in [0.2, 0.25) is 0 Å². The molecular weight excluding hydrogens is 503 g/mol. The molecule has 0 radical (unpaired) electrons. The van der Waals surface area contributed by atoms with Gasteiger partial charge in [0.2, 0.25) is 5.91 Å². The minimum absolute atomic E-state index is 0.181. The molecular formula is C30H26F3N5O. The van der Waals surface area contributed by atoms with E-state index in [1.807, 2.05) is 56.3 Å². The molecule has 0 N–H and O–H groups in total. The molecule has 0 spiro atoms. The van der Waals surface area contributed by atoms with Crippen molar-refractivity contribution in [3.8, 4) is 22.6 Å². The lowest BCUT2D eigenvalue weighted by Crippen LogP contribution is -2.30. The van der Waals surface area contributed by atoms with Gasteiger partial charge in [0.25, 0.3) is 0 Å². The van der Waals surface area contributed by atoms with Crippen LogP contribution in [0.25, 0.3) is 39.2 Å². The fourth-order valence-corrected chi connectivity index (χ4v) is 5.71. The Hall–Kier alpha value is -4.14. The van der Waals surface area contributed by atoms with Crippen LogP contribution in [0.4, 0.5) is 13.2 Å². The summed E-state index contributed by atoms with van der Waals surface area (Å²) in [6.45, 7) is 1.99. The van der Waals surface area contributed by atoms with Gasteiger partial charge < -0.3 is 9.47 Å². The molecule has 1 saturated heterocycles. The van der Waals surface area contributed by atoms with Crippen molar-refractivity contribution in [2.45, 2.75) is 32.0 Å². The predicted molar refractivity (Wildman–Crippen MR) is 142 cm³/mol. The first kappa shape index (κ1) is 23.9. The van der Waals surface area contributed by atoms with Gasteiger partial charge in [0.05, 0.1) is 40.3 Å². The van der Waals surface area contributed by atoms with Crippen LogP contribution in [0.15, 0.2) is 73.2 Å². The van der Waals surface area contributed by atoms with Gasteiger partial charge in [0, 0.05) is 31.1 Å². The summed E-state index contributed by atoms with van der Waals surface area (Å²) in [6.07, 6.45) is 1.95. The smallest absolute Gasteiger partial charge is 0.342 e. The molecule has 0 bridgehead atoms. The predicted octanol–water partition coefficient (Wildman–Crippen LogP) is 6.30. The Morgan fingerprint density at radius 1 is 0.974 bits per heavy atom. The number of hydrogen-bond donors (Lipinski definition) is 0. The number of imidazole rings is 2. The molecule has 3 aromatic heterocycles. The summed E-state index contributed by atoms with van der Waals surface area (Å²) in [5.74, 6) is 1.26. The number of nitrogens with zero attached hydrogens (tertiary/aromatic N) is 5. The van der Waals surface area contributed by atoms with Crippen molar-refractivity contribution in [1.82, 2.24) is 23.8 Å². The lowest BCUT2D eigenvalue weighted by Gasteiger charge is -2.18. The molecule has 0 unspecified atom stereocenters. The minimum Gasteiger partial charge on any atom is -0.342 e. The van der Waals surface area contributed by atoms with Crippen LogP contribution in [-0.2, 0) is 17.5 Å². The number of rotatable bonds is 5. The molecule has 7 rings (SSSR count). The summed E-state index contributed by atoms with van der Waals surface area (Å²) >= 11 is 0. The van der Waals surface area contributed by atoms with Crippen molar-refractivity contribution in [2.75, 3.05) is 13.1 Å². The molecule has 1 atom stereocenters. The van der Waals surface area contributed by atoms with E-state index in [9.17, 15) is 18.0 Å². The highest BCUT2D eigenvalue weighted by Crippen LogP contribution is 2.36. The van der Waals surface area contributed by atoms with Gasteiger partial charge in [0.15, 0.2) is 0 Å². The van der Waals surface area contributed by atoms with E-state index in [0.29, 0.717) is 29.9 Å². The van der Waals surface area contributed by atoms with E-state index in [2.05, 4.69) is 4.98 Å². The number of amides is 1. The Morgan fingerprint density at radius 3 is 2.54 bits per heavy atom. The molecule has 39 heavy (non-hydrogen) atoms. The quantitative estimate of drug-likeness (QED) is 0.269. The monoisotopic (exact) mass is 529 g/mol. The zero-order valence-corrected chi connectivity index (χ0v) is 21.1.